The molecule has 1 heteroatoms. The zero-order valence-corrected chi connectivity index (χ0v) is 9.13. The maximum Gasteiger partial charge on any atom is 0.0859 e. The van der Waals surface area contributed by atoms with Crippen LogP contribution < -0.4 is 0 Å². The Morgan fingerprint density at radius 3 is 2.54 bits per heavy atom. The average molecular weight is 180 g/mol. The molecule has 0 spiro atoms. The van der Waals surface area contributed by atoms with Gasteiger partial charge in [-0.25, -0.2) is 0 Å². The molecule has 0 bridgehead atoms. The first-order valence-corrected chi connectivity index (χ1v) is 4.78. The maximum atomic E-state index is 5.03. The van der Waals surface area contributed by atoms with E-state index in [1.807, 2.05) is 19.3 Å². The minimum Gasteiger partial charge on any atom is -0.504 e. The van der Waals surface area contributed by atoms with E-state index in [2.05, 4.69) is 26.0 Å². The van der Waals surface area contributed by atoms with Gasteiger partial charge in [0.05, 0.1) is 13.4 Å². The Kier molecular flexibility index (Phi) is 7.08. The standard InChI is InChI=1S/C12H20O/c1-5-7-9-11(3)12(8-6-2)10-13-4/h5,7,9-10H,6,8H2,1-4H3/b7-5-,11-9-,12-10+. The summed E-state index contributed by atoms with van der Waals surface area (Å²) >= 11 is 0. The summed E-state index contributed by atoms with van der Waals surface area (Å²) in [5, 5.41) is 0. The first-order chi connectivity index (χ1) is 6.26. The average Bonchev–Trinajstić information content (AvgIpc) is 2.14. The maximum absolute atomic E-state index is 5.03. The molecule has 0 atom stereocenters. The van der Waals surface area contributed by atoms with Crippen molar-refractivity contribution in [2.24, 2.45) is 0 Å². The number of hydrogen-bond acceptors (Lipinski definition) is 1. The lowest BCUT2D eigenvalue weighted by Gasteiger charge is -2.04. The van der Waals surface area contributed by atoms with Gasteiger partial charge in [-0.1, -0.05) is 31.6 Å². The van der Waals surface area contributed by atoms with Gasteiger partial charge in [0.15, 0.2) is 0 Å². The Morgan fingerprint density at radius 2 is 2.08 bits per heavy atom. The summed E-state index contributed by atoms with van der Waals surface area (Å²) in [6, 6.07) is 0. The van der Waals surface area contributed by atoms with E-state index < -0.39 is 0 Å². The van der Waals surface area contributed by atoms with E-state index in [0.717, 1.165) is 12.8 Å². The molecule has 0 unspecified atom stereocenters. The number of ether oxygens (including phenoxy) is 1. The summed E-state index contributed by atoms with van der Waals surface area (Å²) in [6.07, 6.45) is 10.2. The van der Waals surface area contributed by atoms with Crippen molar-refractivity contribution in [1.82, 2.24) is 0 Å². The van der Waals surface area contributed by atoms with Crippen molar-refractivity contribution in [1.29, 1.82) is 0 Å². The number of rotatable bonds is 5. The molecule has 0 aromatic carbocycles. The van der Waals surface area contributed by atoms with Crippen LogP contribution in [-0.4, -0.2) is 7.11 Å². The molecule has 1 nitrogen and oxygen atoms in total. The number of hydrogen-bond donors (Lipinski definition) is 0. The van der Waals surface area contributed by atoms with E-state index in [9.17, 15) is 0 Å². The van der Waals surface area contributed by atoms with Gasteiger partial charge in [0.25, 0.3) is 0 Å². The summed E-state index contributed by atoms with van der Waals surface area (Å²) < 4.78 is 5.03. The highest BCUT2D eigenvalue weighted by molar-refractivity contribution is 5.30. The molecule has 74 valence electrons. The summed E-state index contributed by atoms with van der Waals surface area (Å²) in [7, 11) is 1.69. The fourth-order valence-electron chi connectivity index (χ4n) is 1.11. The first-order valence-electron chi connectivity index (χ1n) is 4.78. The minimum absolute atomic E-state index is 1.08. The van der Waals surface area contributed by atoms with Gasteiger partial charge in [-0.2, -0.15) is 0 Å². The van der Waals surface area contributed by atoms with Gasteiger partial charge in [0, 0.05) is 0 Å². The van der Waals surface area contributed by atoms with Crippen molar-refractivity contribution in [3.05, 3.63) is 35.6 Å². The van der Waals surface area contributed by atoms with E-state index >= 15 is 0 Å². The van der Waals surface area contributed by atoms with Crippen LogP contribution >= 0.6 is 0 Å². The van der Waals surface area contributed by atoms with Crippen LogP contribution in [0.15, 0.2) is 35.6 Å². The molecule has 0 heterocycles. The molecule has 0 N–H and O–H groups in total. The third-order valence-electron chi connectivity index (χ3n) is 1.82. The van der Waals surface area contributed by atoms with Crippen molar-refractivity contribution in [3.63, 3.8) is 0 Å². The summed E-state index contributed by atoms with van der Waals surface area (Å²) in [5.41, 5.74) is 2.56. The second-order valence-electron chi connectivity index (χ2n) is 3.00. The predicted octanol–water partition coefficient (Wildman–Crippen LogP) is 3.84. The lowest BCUT2D eigenvalue weighted by molar-refractivity contribution is 0.333. The van der Waals surface area contributed by atoms with Gasteiger partial charge >= 0.3 is 0 Å². The largest absolute Gasteiger partial charge is 0.504 e. The van der Waals surface area contributed by atoms with E-state index in [1.54, 1.807) is 7.11 Å². The Bertz CT molecular complexity index is 209. The molecule has 13 heavy (non-hydrogen) atoms. The lowest BCUT2D eigenvalue weighted by Crippen LogP contribution is -1.86. The second-order valence-corrected chi connectivity index (χ2v) is 3.00. The quantitative estimate of drug-likeness (QED) is 0.461. The van der Waals surface area contributed by atoms with Gasteiger partial charge in [-0.3, -0.25) is 0 Å². The summed E-state index contributed by atoms with van der Waals surface area (Å²) in [5.74, 6) is 0. The molecule has 0 amide bonds. The van der Waals surface area contributed by atoms with Crippen LogP contribution in [0.3, 0.4) is 0 Å². The van der Waals surface area contributed by atoms with Gasteiger partial charge in [-0.15, -0.1) is 0 Å². The van der Waals surface area contributed by atoms with Crippen LogP contribution in [0.4, 0.5) is 0 Å². The van der Waals surface area contributed by atoms with Crippen molar-refractivity contribution in [3.8, 4) is 0 Å². The normalized spacial score (nSPS) is 13.8. The first kappa shape index (κ1) is 12.0. The van der Waals surface area contributed by atoms with Gasteiger partial charge in [-0.05, 0) is 31.4 Å². The van der Waals surface area contributed by atoms with Crippen molar-refractivity contribution in [2.75, 3.05) is 7.11 Å². The number of allylic oxidation sites excluding steroid dienone is 5. The SMILES string of the molecule is C\C=C/C=C(C)\C(=C\OC)CCC. The monoisotopic (exact) mass is 180 g/mol. The molecule has 0 radical (unpaired) electrons. The molecule has 0 aliphatic rings. The molecular weight excluding hydrogens is 160 g/mol. The third-order valence-corrected chi connectivity index (χ3v) is 1.82. The summed E-state index contributed by atoms with van der Waals surface area (Å²) in [6.45, 7) is 6.30. The van der Waals surface area contributed by atoms with Gasteiger partial charge in [0.1, 0.15) is 0 Å². The van der Waals surface area contributed by atoms with Crippen LogP contribution in [0.2, 0.25) is 0 Å². The van der Waals surface area contributed by atoms with E-state index in [0.29, 0.717) is 0 Å². The van der Waals surface area contributed by atoms with Crippen LogP contribution in [-0.2, 0) is 4.74 Å². The molecule has 0 aromatic heterocycles. The molecule has 0 fully saturated rings. The Balaban J connectivity index is 4.44. The molecule has 0 saturated heterocycles. The molecule has 0 aliphatic carbocycles. The lowest BCUT2D eigenvalue weighted by atomic mass is 10.0. The number of methoxy groups -OCH3 is 1. The van der Waals surface area contributed by atoms with Crippen LogP contribution in [0.1, 0.15) is 33.6 Å². The zero-order valence-electron chi connectivity index (χ0n) is 9.13. The summed E-state index contributed by atoms with van der Waals surface area (Å²) in [4.78, 5) is 0. The van der Waals surface area contributed by atoms with Gasteiger partial charge < -0.3 is 4.74 Å². The molecule has 0 aliphatic heterocycles. The third kappa shape index (κ3) is 5.29. The van der Waals surface area contributed by atoms with Crippen molar-refractivity contribution < 1.29 is 4.74 Å². The fourth-order valence-corrected chi connectivity index (χ4v) is 1.11. The Labute approximate surface area is 81.8 Å². The predicted molar refractivity (Wildman–Crippen MR) is 58.6 cm³/mol. The highest BCUT2D eigenvalue weighted by atomic mass is 16.5. The van der Waals surface area contributed by atoms with E-state index in [1.165, 1.54) is 11.1 Å². The van der Waals surface area contributed by atoms with Crippen molar-refractivity contribution in [2.45, 2.75) is 33.6 Å². The molecular formula is C12H20O. The molecule has 0 aromatic rings. The van der Waals surface area contributed by atoms with Crippen LogP contribution in [0.25, 0.3) is 0 Å². The second kappa shape index (κ2) is 7.66. The molecule has 0 saturated carbocycles. The van der Waals surface area contributed by atoms with E-state index in [4.69, 9.17) is 4.74 Å². The zero-order chi connectivity index (χ0) is 10.1. The van der Waals surface area contributed by atoms with Crippen LogP contribution in [0, 0.1) is 0 Å². The van der Waals surface area contributed by atoms with Crippen molar-refractivity contribution >= 4 is 0 Å². The Morgan fingerprint density at radius 1 is 1.38 bits per heavy atom. The van der Waals surface area contributed by atoms with Gasteiger partial charge in [0.2, 0.25) is 0 Å². The Hall–Kier alpha value is -0.980. The highest BCUT2D eigenvalue weighted by Gasteiger charge is 1.97. The highest BCUT2D eigenvalue weighted by Crippen LogP contribution is 2.15. The van der Waals surface area contributed by atoms with E-state index in [-0.39, 0.29) is 0 Å². The topological polar surface area (TPSA) is 9.23 Å². The smallest absolute Gasteiger partial charge is 0.0859 e. The molecule has 0 rings (SSSR count). The van der Waals surface area contributed by atoms with Crippen LogP contribution in [0.5, 0.6) is 0 Å². The fraction of sp³-hybridized carbons (Fsp3) is 0.500. The minimum atomic E-state index is 1.08.